The quantitative estimate of drug-likeness (QED) is 0.0955. The Kier molecular flexibility index (Phi) is 6.59. The van der Waals surface area contributed by atoms with Crippen LogP contribution in [0.5, 0.6) is 23.0 Å². The SMILES string of the molecule is N=C(N)NCCC[C@H](NC1C(=O)c2c(O)cc(O)cc2[O+]=C1c1ccc(O)cc1)C(=O)O. The molecule has 0 aromatic heterocycles. The van der Waals surface area contributed by atoms with Crippen LogP contribution in [0.4, 0.5) is 0 Å². The number of carbonyl (C=O) groups is 2. The van der Waals surface area contributed by atoms with Crippen molar-refractivity contribution in [1.29, 1.82) is 5.41 Å². The van der Waals surface area contributed by atoms with Gasteiger partial charge in [0.05, 0.1) is 11.6 Å². The lowest BCUT2D eigenvalue weighted by molar-refractivity contribution is -0.172. The van der Waals surface area contributed by atoms with Crippen LogP contribution >= 0.6 is 0 Å². The lowest BCUT2D eigenvalue weighted by Gasteiger charge is -2.22. The topological polar surface area (TPSA) is 200 Å². The summed E-state index contributed by atoms with van der Waals surface area (Å²) in [5.74, 6) is -2.93. The summed E-state index contributed by atoms with van der Waals surface area (Å²) in [6.45, 7) is 0.271. The summed E-state index contributed by atoms with van der Waals surface area (Å²) in [6, 6.07) is 5.49. The Morgan fingerprint density at radius 3 is 2.47 bits per heavy atom. The summed E-state index contributed by atoms with van der Waals surface area (Å²) in [4.78, 5) is 25.1. The molecular formula is C21H23N4O7+. The van der Waals surface area contributed by atoms with E-state index in [4.69, 9.17) is 15.6 Å². The Balaban J connectivity index is 1.97. The lowest BCUT2D eigenvalue weighted by atomic mass is 9.92. The van der Waals surface area contributed by atoms with Gasteiger partial charge in [0.15, 0.2) is 17.6 Å². The van der Waals surface area contributed by atoms with Crippen molar-refractivity contribution in [3.8, 4) is 23.0 Å². The molecule has 0 radical (unpaired) electrons. The molecular weight excluding hydrogens is 420 g/mol. The van der Waals surface area contributed by atoms with Crippen molar-refractivity contribution in [3.63, 3.8) is 0 Å². The van der Waals surface area contributed by atoms with Gasteiger partial charge in [0, 0.05) is 12.6 Å². The maximum Gasteiger partial charge on any atom is 0.371 e. The van der Waals surface area contributed by atoms with E-state index in [1.165, 1.54) is 30.3 Å². The Labute approximate surface area is 182 Å². The van der Waals surface area contributed by atoms with Gasteiger partial charge in [-0.1, -0.05) is 0 Å². The predicted molar refractivity (Wildman–Crippen MR) is 113 cm³/mol. The number of nitrogens with two attached hydrogens (primary N) is 1. The highest BCUT2D eigenvalue weighted by atomic mass is 16.4. The molecule has 1 unspecified atom stereocenters. The zero-order valence-corrected chi connectivity index (χ0v) is 16.8. The maximum atomic E-state index is 13.3. The number of benzene rings is 2. The van der Waals surface area contributed by atoms with Crippen LogP contribution in [0, 0.1) is 5.41 Å². The number of rotatable bonds is 8. The summed E-state index contributed by atoms with van der Waals surface area (Å²) in [5, 5.41) is 51.7. The molecule has 2 atom stereocenters. The number of hydrogen-bond acceptors (Lipinski definition) is 7. The van der Waals surface area contributed by atoms with Gasteiger partial charge in [-0.25, -0.2) is 4.42 Å². The van der Waals surface area contributed by atoms with E-state index in [0.29, 0.717) is 12.0 Å². The number of fused-ring (bicyclic) bond motifs is 1. The van der Waals surface area contributed by atoms with Crippen LogP contribution in [-0.2, 0) is 4.79 Å². The van der Waals surface area contributed by atoms with Crippen molar-refractivity contribution in [1.82, 2.24) is 10.6 Å². The molecule has 2 aromatic carbocycles. The number of ketones is 2. The molecule has 1 aliphatic rings. The fourth-order valence-electron chi connectivity index (χ4n) is 3.37. The Bertz CT molecular complexity index is 1080. The average molecular weight is 443 g/mol. The van der Waals surface area contributed by atoms with Gasteiger partial charge in [0.1, 0.15) is 23.3 Å². The number of hydrogen-bond donors (Lipinski definition) is 8. The van der Waals surface area contributed by atoms with Crippen LogP contribution in [0.1, 0.15) is 33.2 Å². The molecule has 168 valence electrons. The van der Waals surface area contributed by atoms with Gasteiger partial charge in [-0.2, -0.15) is 0 Å². The first-order valence-electron chi connectivity index (χ1n) is 9.68. The largest absolute Gasteiger partial charge is 0.508 e. The normalized spacial score (nSPS) is 16.1. The van der Waals surface area contributed by atoms with Gasteiger partial charge in [-0.15, -0.1) is 0 Å². The fourth-order valence-corrected chi connectivity index (χ4v) is 3.37. The van der Waals surface area contributed by atoms with Crippen LogP contribution < -0.4 is 16.4 Å². The van der Waals surface area contributed by atoms with E-state index in [1.807, 2.05) is 0 Å². The summed E-state index contributed by atoms with van der Waals surface area (Å²) >= 11 is 0. The Morgan fingerprint density at radius 1 is 1.16 bits per heavy atom. The third-order valence-electron chi connectivity index (χ3n) is 4.86. The monoisotopic (exact) mass is 443 g/mol. The fraction of sp³-hybridized carbons (Fsp3) is 0.238. The smallest absolute Gasteiger partial charge is 0.371 e. The predicted octanol–water partition coefficient (Wildman–Crippen LogP) is 0.806. The van der Waals surface area contributed by atoms with Crippen molar-refractivity contribution < 1.29 is 34.4 Å². The number of aromatic hydroxyl groups is 3. The second-order valence-corrected chi connectivity index (χ2v) is 7.19. The molecule has 0 aliphatic carbocycles. The zero-order chi connectivity index (χ0) is 23.4. The van der Waals surface area contributed by atoms with Gasteiger partial charge in [0.25, 0.3) is 0 Å². The van der Waals surface area contributed by atoms with Crippen molar-refractivity contribution in [2.24, 2.45) is 5.73 Å². The van der Waals surface area contributed by atoms with Crippen molar-refractivity contribution in [2.75, 3.05) is 6.54 Å². The van der Waals surface area contributed by atoms with Gasteiger partial charge in [0.2, 0.25) is 5.78 Å². The molecule has 11 nitrogen and oxygen atoms in total. The van der Waals surface area contributed by atoms with Crippen molar-refractivity contribution in [2.45, 2.75) is 24.9 Å². The van der Waals surface area contributed by atoms with Gasteiger partial charge >= 0.3 is 17.5 Å². The number of Topliss-reactive ketones (excluding diaryl/α,β-unsaturated/α-hetero) is 1. The summed E-state index contributed by atoms with van der Waals surface area (Å²) in [7, 11) is 0. The summed E-state index contributed by atoms with van der Waals surface area (Å²) in [5.41, 5.74) is 5.42. The highest BCUT2D eigenvalue weighted by molar-refractivity contribution is 6.23. The van der Waals surface area contributed by atoms with E-state index < -0.39 is 29.6 Å². The van der Waals surface area contributed by atoms with Gasteiger partial charge < -0.3 is 31.5 Å². The molecule has 32 heavy (non-hydrogen) atoms. The highest BCUT2D eigenvalue weighted by Gasteiger charge is 2.46. The minimum atomic E-state index is -1.26. The van der Waals surface area contributed by atoms with Gasteiger partial charge in [-0.05, 0) is 37.1 Å². The number of phenols is 3. The van der Waals surface area contributed by atoms with Crippen molar-refractivity contribution in [3.05, 3.63) is 47.5 Å². The molecule has 2 aromatic rings. The Hall–Kier alpha value is -4.12. The van der Waals surface area contributed by atoms with Crippen LogP contribution in [0.25, 0.3) is 0 Å². The number of nitrogens with one attached hydrogen (secondary N) is 3. The highest BCUT2D eigenvalue weighted by Crippen LogP contribution is 2.39. The lowest BCUT2D eigenvalue weighted by Crippen LogP contribution is -2.52. The summed E-state index contributed by atoms with van der Waals surface area (Å²) < 4.78 is 5.82. The van der Waals surface area contributed by atoms with Gasteiger partial charge in [-0.3, -0.25) is 20.3 Å². The number of carboxylic acids is 1. The molecule has 11 heteroatoms. The summed E-state index contributed by atoms with van der Waals surface area (Å²) in [6.07, 6.45) is 0.451. The molecule has 0 bridgehead atoms. The molecule has 1 heterocycles. The van der Waals surface area contributed by atoms with E-state index in [2.05, 4.69) is 10.6 Å². The number of carbonyl (C=O) groups excluding carboxylic acids is 2. The Morgan fingerprint density at radius 2 is 1.84 bits per heavy atom. The van der Waals surface area contributed by atoms with E-state index in [-0.39, 0.29) is 47.5 Å². The molecule has 3 rings (SSSR count). The molecule has 0 saturated carbocycles. The molecule has 0 amide bonds. The number of phenolic OH excluding ortho intramolecular Hbond substituents is 3. The average Bonchev–Trinajstić information content (AvgIpc) is 2.71. The van der Waals surface area contributed by atoms with E-state index in [9.17, 15) is 30.0 Å². The number of carboxylic acid groups (broad SMARTS) is 1. The molecule has 9 N–H and O–H groups in total. The third-order valence-corrected chi connectivity index (χ3v) is 4.86. The minimum Gasteiger partial charge on any atom is -0.508 e. The van der Waals surface area contributed by atoms with E-state index in [1.54, 1.807) is 0 Å². The standard InChI is InChI=1S/C21H22N4O7/c22-21(23)24-7-1-2-13(20(30)31)25-17-18(29)16-14(28)8-12(27)9-15(16)32-19(17)10-3-5-11(26)6-4-10/h3-6,8-9,13,17,25H,1-2,7H2,(H7-,22,23,24,26,27,28,29,30,31)/p+1/t13-,17?/m0/s1. The maximum absolute atomic E-state index is 13.3. The van der Waals surface area contributed by atoms with E-state index in [0.717, 1.165) is 6.07 Å². The second kappa shape index (κ2) is 9.35. The number of aliphatic carboxylic acids is 1. The first-order chi connectivity index (χ1) is 15.2. The van der Waals surface area contributed by atoms with Crippen molar-refractivity contribution >= 4 is 23.5 Å². The van der Waals surface area contributed by atoms with Crippen LogP contribution in [-0.4, -0.2) is 62.5 Å². The minimum absolute atomic E-state index is 0.0157. The first-order valence-corrected chi connectivity index (χ1v) is 9.68. The molecule has 1 aliphatic heterocycles. The van der Waals surface area contributed by atoms with E-state index >= 15 is 0 Å². The third kappa shape index (κ3) is 4.95. The van der Waals surface area contributed by atoms with Crippen LogP contribution in [0.15, 0.2) is 36.4 Å². The first kappa shape index (κ1) is 22.6. The number of guanidine groups is 1. The molecule has 0 fully saturated rings. The molecule has 0 saturated heterocycles. The van der Waals surface area contributed by atoms with Crippen LogP contribution in [0.3, 0.4) is 0 Å². The van der Waals surface area contributed by atoms with Crippen LogP contribution in [0.2, 0.25) is 0 Å². The second-order valence-electron chi connectivity index (χ2n) is 7.19. The molecule has 0 spiro atoms. The zero-order valence-electron chi connectivity index (χ0n) is 16.8.